The number of halogens is 3. The molecule has 7 nitrogen and oxygen atoms in total. The summed E-state index contributed by atoms with van der Waals surface area (Å²) in [6.45, 7) is 2.29. The number of carbonyl (C=O) groups excluding carboxylic acids is 1. The molecule has 10 heteroatoms. The van der Waals surface area contributed by atoms with Crippen LogP contribution in [0.2, 0.25) is 0 Å². The molecule has 1 aliphatic heterocycles. The van der Waals surface area contributed by atoms with Gasteiger partial charge in [0.2, 0.25) is 5.82 Å². The summed E-state index contributed by atoms with van der Waals surface area (Å²) in [5.41, 5.74) is -0.687. The molecule has 0 N–H and O–H groups in total. The first-order valence-electron chi connectivity index (χ1n) is 7.75. The third-order valence-electron chi connectivity index (χ3n) is 3.61. The normalized spacial score (nSPS) is 19.2. The average Bonchev–Trinajstić information content (AvgIpc) is 3.12. The highest BCUT2D eigenvalue weighted by Crippen LogP contribution is 2.31. The summed E-state index contributed by atoms with van der Waals surface area (Å²) in [5, 5.41) is 3.65. The van der Waals surface area contributed by atoms with Gasteiger partial charge >= 0.3 is 12.1 Å². The molecule has 0 bridgehead atoms. The highest BCUT2D eigenvalue weighted by molar-refractivity contribution is 5.75. The Bertz CT molecular complexity index is 771. The molecule has 1 fully saturated rings. The highest BCUT2D eigenvalue weighted by Gasteiger charge is 2.31. The maximum absolute atomic E-state index is 12.8. The van der Waals surface area contributed by atoms with E-state index in [0.717, 1.165) is 12.1 Å². The van der Waals surface area contributed by atoms with Gasteiger partial charge in [0, 0.05) is 5.56 Å². The topological polar surface area (TPSA) is 83.7 Å². The third kappa shape index (κ3) is 4.20. The Kier molecular flexibility index (Phi) is 5.23. The number of hydrogen-bond donors (Lipinski definition) is 0. The largest absolute Gasteiger partial charge is 0.451 e. The van der Waals surface area contributed by atoms with Crippen molar-refractivity contribution >= 4 is 5.97 Å². The van der Waals surface area contributed by atoms with Gasteiger partial charge in [0.05, 0.1) is 25.4 Å². The van der Waals surface area contributed by atoms with Gasteiger partial charge in [-0.2, -0.15) is 18.2 Å². The highest BCUT2D eigenvalue weighted by atomic mass is 19.4. The standard InChI is InChI=1S/C16H15F3N2O5/c1-9(25-15(22)12-8-23-5-6-24-12)14-20-13(21-26-14)10-3-2-4-11(7-10)16(17,18)19/h2-4,7,9,12H,5-6,8H2,1H3/t9-,12-/m0/s1. The van der Waals surface area contributed by atoms with Gasteiger partial charge in [-0.3, -0.25) is 0 Å². The molecule has 2 atom stereocenters. The van der Waals surface area contributed by atoms with Gasteiger partial charge in [0.15, 0.2) is 12.2 Å². The molecule has 1 aliphatic rings. The van der Waals surface area contributed by atoms with Crippen molar-refractivity contribution in [3.63, 3.8) is 0 Å². The molecule has 0 aliphatic carbocycles. The van der Waals surface area contributed by atoms with E-state index in [9.17, 15) is 18.0 Å². The number of esters is 1. The van der Waals surface area contributed by atoms with Crippen LogP contribution in [0.4, 0.5) is 13.2 Å². The number of nitrogens with zero attached hydrogens (tertiary/aromatic N) is 2. The van der Waals surface area contributed by atoms with Gasteiger partial charge in [-0.15, -0.1) is 0 Å². The summed E-state index contributed by atoms with van der Waals surface area (Å²) in [7, 11) is 0. The average molecular weight is 372 g/mol. The Morgan fingerprint density at radius 2 is 2.15 bits per heavy atom. The number of alkyl halides is 3. The van der Waals surface area contributed by atoms with Gasteiger partial charge in [-0.25, -0.2) is 4.79 Å². The van der Waals surface area contributed by atoms with Crippen LogP contribution in [0.1, 0.15) is 24.5 Å². The van der Waals surface area contributed by atoms with E-state index in [4.69, 9.17) is 18.7 Å². The summed E-state index contributed by atoms with van der Waals surface area (Å²) in [4.78, 5) is 16.0. The lowest BCUT2D eigenvalue weighted by molar-refractivity contribution is -0.176. The smallest absolute Gasteiger partial charge is 0.416 e. The Morgan fingerprint density at radius 3 is 2.85 bits per heavy atom. The van der Waals surface area contributed by atoms with Crippen LogP contribution in [-0.2, 0) is 25.2 Å². The van der Waals surface area contributed by atoms with Gasteiger partial charge in [-0.1, -0.05) is 17.3 Å². The van der Waals surface area contributed by atoms with Crippen LogP contribution < -0.4 is 0 Å². The van der Waals surface area contributed by atoms with E-state index in [0.29, 0.717) is 6.61 Å². The maximum atomic E-state index is 12.8. The molecule has 3 rings (SSSR count). The summed E-state index contributed by atoms with van der Waals surface area (Å²) in [5.74, 6) is -0.718. The van der Waals surface area contributed by atoms with Crippen LogP contribution in [0.5, 0.6) is 0 Å². The van der Waals surface area contributed by atoms with Crippen LogP contribution in [0.15, 0.2) is 28.8 Å². The lowest BCUT2D eigenvalue weighted by atomic mass is 10.1. The van der Waals surface area contributed by atoms with E-state index in [1.54, 1.807) is 0 Å². The second-order valence-corrected chi connectivity index (χ2v) is 5.55. The van der Waals surface area contributed by atoms with Crippen molar-refractivity contribution in [1.82, 2.24) is 10.1 Å². The first-order chi connectivity index (χ1) is 12.3. The van der Waals surface area contributed by atoms with Gasteiger partial charge < -0.3 is 18.7 Å². The van der Waals surface area contributed by atoms with Gasteiger partial charge in [0.25, 0.3) is 5.89 Å². The molecular formula is C16H15F3N2O5. The molecule has 26 heavy (non-hydrogen) atoms. The van der Waals surface area contributed by atoms with E-state index in [2.05, 4.69) is 10.1 Å². The zero-order chi connectivity index (χ0) is 18.7. The molecule has 0 unspecified atom stereocenters. The second-order valence-electron chi connectivity index (χ2n) is 5.55. The Morgan fingerprint density at radius 1 is 1.35 bits per heavy atom. The summed E-state index contributed by atoms with van der Waals surface area (Å²) in [6.07, 6.45) is -6.20. The van der Waals surface area contributed by atoms with E-state index in [1.165, 1.54) is 19.1 Å². The number of hydrogen-bond acceptors (Lipinski definition) is 7. The van der Waals surface area contributed by atoms with Crippen molar-refractivity contribution in [2.75, 3.05) is 19.8 Å². The first-order valence-corrected chi connectivity index (χ1v) is 7.75. The minimum absolute atomic E-state index is 0.0359. The van der Waals surface area contributed by atoms with Crippen molar-refractivity contribution < 1.29 is 36.7 Å². The molecule has 0 radical (unpaired) electrons. The second kappa shape index (κ2) is 7.42. The van der Waals surface area contributed by atoms with Crippen LogP contribution in [0, 0.1) is 0 Å². The quantitative estimate of drug-likeness (QED) is 0.763. The van der Waals surface area contributed by atoms with Crippen LogP contribution in [0.3, 0.4) is 0 Å². The third-order valence-corrected chi connectivity index (χ3v) is 3.61. The van der Waals surface area contributed by atoms with Gasteiger partial charge in [0.1, 0.15) is 0 Å². The molecule has 0 amide bonds. The van der Waals surface area contributed by atoms with E-state index in [-0.39, 0.29) is 30.5 Å². The number of carbonyl (C=O) groups is 1. The molecular weight excluding hydrogens is 357 g/mol. The van der Waals surface area contributed by atoms with Crippen molar-refractivity contribution in [2.45, 2.75) is 25.3 Å². The summed E-state index contributed by atoms with van der Waals surface area (Å²) < 4.78 is 58.9. The van der Waals surface area contributed by atoms with E-state index >= 15 is 0 Å². The van der Waals surface area contributed by atoms with Crippen molar-refractivity contribution in [3.05, 3.63) is 35.7 Å². The SMILES string of the molecule is C[C@H](OC(=O)[C@@H]1COCCO1)c1nc(-c2cccc(C(F)(F)F)c2)no1. The zero-order valence-corrected chi connectivity index (χ0v) is 13.7. The molecule has 1 aromatic carbocycles. The summed E-state index contributed by atoms with van der Waals surface area (Å²) in [6, 6.07) is 4.53. The van der Waals surface area contributed by atoms with Crippen LogP contribution in [0.25, 0.3) is 11.4 Å². The van der Waals surface area contributed by atoms with Crippen LogP contribution in [-0.4, -0.2) is 42.0 Å². The molecule has 1 saturated heterocycles. The van der Waals surface area contributed by atoms with Gasteiger partial charge in [-0.05, 0) is 19.1 Å². The molecule has 140 valence electrons. The molecule has 1 aromatic heterocycles. The molecule has 2 aromatic rings. The van der Waals surface area contributed by atoms with E-state index in [1.807, 2.05) is 0 Å². The molecule has 0 saturated carbocycles. The number of ether oxygens (including phenoxy) is 3. The molecule has 2 heterocycles. The lowest BCUT2D eigenvalue weighted by Gasteiger charge is -2.22. The van der Waals surface area contributed by atoms with Crippen molar-refractivity contribution in [1.29, 1.82) is 0 Å². The predicted molar refractivity (Wildman–Crippen MR) is 79.8 cm³/mol. The molecule has 0 spiro atoms. The zero-order valence-electron chi connectivity index (χ0n) is 13.7. The van der Waals surface area contributed by atoms with E-state index < -0.39 is 29.9 Å². The Balaban J connectivity index is 1.70. The number of aromatic nitrogens is 2. The van der Waals surface area contributed by atoms with Crippen molar-refractivity contribution in [2.24, 2.45) is 0 Å². The Hall–Kier alpha value is -2.46. The predicted octanol–water partition coefficient (Wildman–Crippen LogP) is 2.78. The maximum Gasteiger partial charge on any atom is 0.416 e. The minimum Gasteiger partial charge on any atom is -0.451 e. The Labute approximate surface area is 146 Å². The first kappa shape index (κ1) is 18.3. The van der Waals surface area contributed by atoms with Crippen LogP contribution >= 0.6 is 0 Å². The summed E-state index contributed by atoms with van der Waals surface area (Å²) >= 11 is 0. The van der Waals surface area contributed by atoms with Crippen molar-refractivity contribution in [3.8, 4) is 11.4 Å². The lowest BCUT2D eigenvalue weighted by Crippen LogP contribution is -2.37. The fraction of sp³-hybridized carbons (Fsp3) is 0.438. The number of rotatable bonds is 4. The fourth-order valence-electron chi connectivity index (χ4n) is 2.28. The number of benzene rings is 1. The fourth-order valence-corrected chi connectivity index (χ4v) is 2.28. The minimum atomic E-state index is -4.48. The monoisotopic (exact) mass is 372 g/mol.